The number of aromatic nitrogens is 2. The van der Waals surface area contributed by atoms with Gasteiger partial charge in [-0.2, -0.15) is 5.10 Å². The Labute approximate surface area is 114 Å². The molecule has 1 aromatic heterocycles. The van der Waals surface area contributed by atoms with Gasteiger partial charge in [0.2, 0.25) is 5.91 Å². The van der Waals surface area contributed by atoms with Crippen molar-refractivity contribution in [3.63, 3.8) is 0 Å². The number of benzene rings is 1. The zero-order valence-electron chi connectivity index (χ0n) is 11.0. The molecule has 0 radical (unpaired) electrons. The molecule has 0 fully saturated rings. The third-order valence-electron chi connectivity index (χ3n) is 2.85. The minimum absolute atomic E-state index is 0.228. The third-order valence-corrected chi connectivity index (χ3v) is 2.85. The first-order chi connectivity index (χ1) is 9.41. The van der Waals surface area contributed by atoms with Gasteiger partial charge in [-0.05, 0) is 6.07 Å². The number of hydrogen-bond donors (Lipinski definition) is 1. The van der Waals surface area contributed by atoms with Crippen LogP contribution in [0.3, 0.4) is 0 Å². The van der Waals surface area contributed by atoms with E-state index < -0.39 is 11.5 Å². The summed E-state index contributed by atoms with van der Waals surface area (Å²) in [5.74, 6) is -1.58. The largest absolute Gasteiger partial charge is 0.476 e. The van der Waals surface area contributed by atoms with E-state index in [1.165, 1.54) is 17.0 Å². The maximum absolute atomic E-state index is 12.2. The summed E-state index contributed by atoms with van der Waals surface area (Å²) < 4.78 is 0.883. The molecule has 0 unspecified atom stereocenters. The second kappa shape index (κ2) is 5.12. The first-order valence-corrected chi connectivity index (χ1v) is 5.85. The molecule has 2 rings (SSSR count). The Kier molecular flexibility index (Phi) is 3.51. The number of hydrogen-bond acceptors (Lipinski definition) is 4. The van der Waals surface area contributed by atoms with Gasteiger partial charge in [-0.15, -0.1) is 0 Å². The van der Waals surface area contributed by atoms with Crippen molar-refractivity contribution in [2.75, 3.05) is 14.1 Å². The van der Waals surface area contributed by atoms with Crippen molar-refractivity contribution in [3.8, 4) is 0 Å². The molecule has 0 bridgehead atoms. The second-order valence-corrected chi connectivity index (χ2v) is 4.45. The van der Waals surface area contributed by atoms with Crippen molar-refractivity contribution in [2.45, 2.75) is 6.54 Å². The van der Waals surface area contributed by atoms with E-state index in [2.05, 4.69) is 5.10 Å². The van der Waals surface area contributed by atoms with E-state index in [0.717, 1.165) is 4.68 Å². The van der Waals surface area contributed by atoms with Gasteiger partial charge in [0, 0.05) is 19.5 Å². The Morgan fingerprint density at radius 3 is 2.40 bits per heavy atom. The summed E-state index contributed by atoms with van der Waals surface area (Å²) in [6.45, 7) is -0.295. The molecule has 0 saturated carbocycles. The van der Waals surface area contributed by atoms with Crippen LogP contribution in [-0.4, -0.2) is 45.8 Å². The molecule has 1 aromatic carbocycles. The van der Waals surface area contributed by atoms with E-state index in [0.29, 0.717) is 0 Å². The van der Waals surface area contributed by atoms with Crippen LogP contribution in [0.15, 0.2) is 29.1 Å². The fourth-order valence-corrected chi connectivity index (χ4v) is 1.77. The van der Waals surface area contributed by atoms with Crippen LogP contribution in [0.5, 0.6) is 0 Å². The fourth-order valence-electron chi connectivity index (χ4n) is 1.77. The maximum Gasteiger partial charge on any atom is 0.357 e. The zero-order chi connectivity index (χ0) is 14.9. The van der Waals surface area contributed by atoms with E-state index in [4.69, 9.17) is 5.11 Å². The van der Waals surface area contributed by atoms with Gasteiger partial charge in [0.15, 0.2) is 5.69 Å². The van der Waals surface area contributed by atoms with Crippen LogP contribution < -0.4 is 5.56 Å². The van der Waals surface area contributed by atoms with Crippen LogP contribution >= 0.6 is 0 Å². The minimum atomic E-state index is -1.24. The van der Waals surface area contributed by atoms with Crippen molar-refractivity contribution >= 4 is 22.6 Å². The van der Waals surface area contributed by atoms with E-state index in [9.17, 15) is 14.4 Å². The number of nitrogens with zero attached hydrogens (tertiary/aromatic N) is 3. The van der Waals surface area contributed by atoms with Gasteiger partial charge in [-0.1, -0.05) is 18.2 Å². The number of fused-ring (bicyclic) bond motifs is 1. The summed E-state index contributed by atoms with van der Waals surface area (Å²) in [4.78, 5) is 36.4. The summed E-state index contributed by atoms with van der Waals surface area (Å²) in [6.07, 6.45) is 0. The van der Waals surface area contributed by atoms with Gasteiger partial charge in [0.25, 0.3) is 5.56 Å². The number of likely N-dealkylation sites (N-methyl/N-ethyl adjacent to an activating group) is 1. The lowest BCUT2D eigenvalue weighted by molar-refractivity contribution is -0.129. The van der Waals surface area contributed by atoms with Gasteiger partial charge in [0.1, 0.15) is 6.54 Å². The van der Waals surface area contributed by atoms with Gasteiger partial charge in [-0.3, -0.25) is 9.59 Å². The number of carboxylic acid groups (broad SMARTS) is 1. The molecule has 1 N–H and O–H groups in total. The van der Waals surface area contributed by atoms with E-state index in [1.807, 2.05) is 0 Å². The maximum atomic E-state index is 12.2. The summed E-state index contributed by atoms with van der Waals surface area (Å²) in [5.41, 5.74) is -0.729. The van der Waals surface area contributed by atoms with Crippen molar-refractivity contribution in [1.29, 1.82) is 0 Å². The average Bonchev–Trinajstić information content (AvgIpc) is 2.41. The molecule has 1 heterocycles. The lowest BCUT2D eigenvalue weighted by Gasteiger charge is -2.12. The van der Waals surface area contributed by atoms with Gasteiger partial charge in [-0.25, -0.2) is 9.48 Å². The number of carboxylic acids is 1. The normalized spacial score (nSPS) is 10.5. The van der Waals surface area contributed by atoms with Crippen molar-refractivity contribution in [1.82, 2.24) is 14.7 Å². The molecular formula is C13H13N3O4. The molecule has 0 aliphatic heterocycles. The Balaban J connectivity index is 2.68. The summed E-state index contributed by atoms with van der Waals surface area (Å²) in [7, 11) is 3.10. The smallest absolute Gasteiger partial charge is 0.357 e. The van der Waals surface area contributed by atoms with Crippen LogP contribution in [0, 0.1) is 0 Å². The van der Waals surface area contributed by atoms with E-state index in [-0.39, 0.29) is 28.9 Å². The quantitative estimate of drug-likeness (QED) is 0.862. The number of carbonyl (C=O) groups is 2. The molecule has 2 aromatic rings. The predicted molar refractivity (Wildman–Crippen MR) is 71.7 cm³/mol. The third kappa shape index (κ3) is 2.37. The standard InChI is InChI=1S/C13H13N3O4/c1-15(2)10(17)7-16-12(18)9-6-4-3-5-8(9)11(14-16)13(19)20/h3-6H,7H2,1-2H3,(H,19,20). The number of aromatic carboxylic acids is 1. The molecule has 0 aliphatic carbocycles. The van der Waals surface area contributed by atoms with Crippen molar-refractivity contribution in [3.05, 3.63) is 40.3 Å². The van der Waals surface area contributed by atoms with Crippen LogP contribution in [0.25, 0.3) is 10.8 Å². The topological polar surface area (TPSA) is 92.5 Å². The van der Waals surface area contributed by atoms with Crippen LogP contribution in [0.4, 0.5) is 0 Å². The highest BCUT2D eigenvalue weighted by molar-refractivity contribution is 6.01. The Morgan fingerprint density at radius 1 is 1.25 bits per heavy atom. The number of carbonyl (C=O) groups excluding carboxylic acids is 1. The molecule has 7 nitrogen and oxygen atoms in total. The first-order valence-electron chi connectivity index (χ1n) is 5.85. The summed E-state index contributed by atoms with van der Waals surface area (Å²) in [5, 5.41) is 13.4. The molecule has 7 heteroatoms. The lowest BCUT2D eigenvalue weighted by Crippen LogP contribution is -2.34. The Morgan fingerprint density at radius 2 is 1.85 bits per heavy atom. The van der Waals surface area contributed by atoms with Gasteiger partial charge < -0.3 is 10.0 Å². The average molecular weight is 275 g/mol. The molecule has 0 saturated heterocycles. The molecule has 0 spiro atoms. The molecule has 20 heavy (non-hydrogen) atoms. The van der Waals surface area contributed by atoms with Gasteiger partial charge in [0.05, 0.1) is 5.39 Å². The first kappa shape index (κ1) is 13.7. The highest BCUT2D eigenvalue weighted by atomic mass is 16.4. The van der Waals surface area contributed by atoms with Gasteiger partial charge >= 0.3 is 5.97 Å². The molecule has 0 atom stereocenters. The Bertz CT molecular complexity index is 749. The monoisotopic (exact) mass is 275 g/mol. The Hall–Kier alpha value is -2.70. The lowest BCUT2D eigenvalue weighted by atomic mass is 10.1. The highest BCUT2D eigenvalue weighted by Crippen LogP contribution is 2.13. The molecule has 0 aliphatic rings. The highest BCUT2D eigenvalue weighted by Gasteiger charge is 2.17. The SMILES string of the molecule is CN(C)C(=O)Cn1nc(C(=O)O)c2ccccc2c1=O. The molecule has 1 amide bonds. The zero-order valence-corrected chi connectivity index (χ0v) is 11.0. The van der Waals surface area contributed by atoms with E-state index in [1.54, 1.807) is 26.2 Å². The molecular weight excluding hydrogens is 262 g/mol. The summed E-state index contributed by atoms with van der Waals surface area (Å²) in [6, 6.07) is 6.30. The van der Waals surface area contributed by atoms with E-state index >= 15 is 0 Å². The van der Waals surface area contributed by atoms with Crippen molar-refractivity contribution in [2.24, 2.45) is 0 Å². The number of amides is 1. The fraction of sp³-hybridized carbons (Fsp3) is 0.231. The van der Waals surface area contributed by atoms with Crippen LogP contribution in [-0.2, 0) is 11.3 Å². The molecule has 104 valence electrons. The second-order valence-electron chi connectivity index (χ2n) is 4.45. The predicted octanol–water partition coefficient (Wildman–Crippen LogP) is 0.183. The van der Waals surface area contributed by atoms with Crippen molar-refractivity contribution < 1.29 is 14.7 Å². The summed E-state index contributed by atoms with van der Waals surface area (Å²) >= 11 is 0. The minimum Gasteiger partial charge on any atom is -0.476 e. The number of rotatable bonds is 3. The van der Waals surface area contributed by atoms with Crippen LogP contribution in [0.2, 0.25) is 0 Å². The van der Waals surface area contributed by atoms with Crippen LogP contribution in [0.1, 0.15) is 10.5 Å².